The largest absolute Gasteiger partial charge is 0.508 e. The Morgan fingerprint density at radius 1 is 0.518 bits per heavy atom. The zero-order valence-corrected chi connectivity index (χ0v) is 35.2. The molecule has 0 aliphatic heterocycles. The lowest BCUT2D eigenvalue weighted by Crippen LogP contribution is -2.11. The molecular formula is C50H62O6. The normalized spacial score (nSPS) is 13.0. The van der Waals surface area contributed by atoms with Gasteiger partial charge in [0.1, 0.15) is 23.0 Å². The Bertz CT molecular complexity index is 1890. The molecule has 2 unspecified atom stereocenters. The quantitative estimate of drug-likeness (QED) is 0.0771. The highest BCUT2D eigenvalue weighted by Crippen LogP contribution is 2.40. The molecule has 298 valence electrons. The molecule has 0 heterocycles. The second-order valence-electron chi connectivity index (χ2n) is 17.1. The number of phenolic OH excluding ortho intramolecular Hbond substituents is 2. The number of aromatic hydroxyl groups is 2. The number of phenols is 2. The smallest absolute Gasteiger partial charge is 0.189 e. The average molecular weight is 759 g/mol. The van der Waals surface area contributed by atoms with E-state index in [1.807, 2.05) is 50.2 Å². The van der Waals surface area contributed by atoms with Crippen molar-refractivity contribution in [1.29, 1.82) is 0 Å². The highest BCUT2D eigenvalue weighted by atomic mass is 16.7. The summed E-state index contributed by atoms with van der Waals surface area (Å²) in [4.78, 5) is 0. The van der Waals surface area contributed by atoms with Crippen LogP contribution in [-0.2, 0) is 33.5 Å². The molecule has 56 heavy (non-hydrogen) atoms. The van der Waals surface area contributed by atoms with Gasteiger partial charge in [-0.05, 0) is 94.2 Å². The number of hydrogen-bond acceptors (Lipinski definition) is 6. The van der Waals surface area contributed by atoms with Gasteiger partial charge in [0.05, 0.1) is 13.2 Å². The standard InChI is InChI=1S/C50H62O6/c1-11-41(37-16-20-39(21-17-37)49(5,6)7)43-24-33(3)47(27-45(43)51)55-31-53-29-35-14-13-15-36(26-35)30-54-32-56-48-28-46(52)44(25-34(48)4)42(12-2)38-18-22-40(23-19-38)50(8,9)10/h13-28,41-42,51-52H,11-12,29-32H2,1-10H3. The van der Waals surface area contributed by atoms with E-state index in [1.54, 1.807) is 12.1 Å². The van der Waals surface area contributed by atoms with Crippen LogP contribution in [0.3, 0.4) is 0 Å². The first-order valence-electron chi connectivity index (χ1n) is 20.0. The predicted octanol–water partition coefficient (Wildman–Crippen LogP) is 12.5. The second-order valence-corrected chi connectivity index (χ2v) is 17.1. The molecule has 5 aromatic carbocycles. The minimum absolute atomic E-state index is 0.0487. The van der Waals surface area contributed by atoms with Crippen molar-refractivity contribution in [3.05, 3.63) is 153 Å². The van der Waals surface area contributed by atoms with E-state index in [0.717, 1.165) is 46.2 Å². The Hall–Kier alpha value is -4.78. The molecule has 0 saturated heterocycles. The summed E-state index contributed by atoms with van der Waals surface area (Å²) in [5, 5.41) is 22.1. The predicted molar refractivity (Wildman–Crippen MR) is 227 cm³/mol. The Morgan fingerprint density at radius 3 is 1.23 bits per heavy atom. The summed E-state index contributed by atoms with van der Waals surface area (Å²) >= 11 is 0. The summed E-state index contributed by atoms with van der Waals surface area (Å²) in [5.74, 6) is 1.81. The summed E-state index contributed by atoms with van der Waals surface area (Å²) in [6, 6.07) is 33.0. The van der Waals surface area contributed by atoms with Crippen LogP contribution in [0, 0.1) is 13.8 Å². The van der Waals surface area contributed by atoms with Crippen LogP contribution in [-0.4, -0.2) is 23.8 Å². The molecule has 6 heteroatoms. The van der Waals surface area contributed by atoms with Crippen molar-refractivity contribution < 1.29 is 29.2 Å². The monoisotopic (exact) mass is 758 g/mol. The molecule has 5 aromatic rings. The molecule has 0 aliphatic carbocycles. The van der Waals surface area contributed by atoms with Gasteiger partial charge in [-0.3, -0.25) is 0 Å². The van der Waals surface area contributed by atoms with Crippen LogP contribution in [0.25, 0.3) is 0 Å². The summed E-state index contributed by atoms with van der Waals surface area (Å²) < 4.78 is 23.7. The van der Waals surface area contributed by atoms with Gasteiger partial charge in [-0.2, -0.15) is 0 Å². The lowest BCUT2D eigenvalue weighted by atomic mass is 9.83. The molecule has 0 aliphatic rings. The summed E-state index contributed by atoms with van der Waals surface area (Å²) in [5.41, 5.74) is 10.8. The lowest BCUT2D eigenvalue weighted by Gasteiger charge is -2.22. The maximum absolute atomic E-state index is 11.1. The molecule has 0 radical (unpaired) electrons. The summed E-state index contributed by atoms with van der Waals surface area (Å²) in [6.07, 6.45) is 1.74. The van der Waals surface area contributed by atoms with Crippen molar-refractivity contribution >= 4 is 0 Å². The van der Waals surface area contributed by atoms with Gasteiger partial charge in [0.15, 0.2) is 13.6 Å². The Labute approximate surface area is 335 Å². The number of rotatable bonds is 16. The van der Waals surface area contributed by atoms with Gasteiger partial charge < -0.3 is 29.2 Å². The zero-order chi connectivity index (χ0) is 40.6. The Balaban J connectivity index is 1.10. The van der Waals surface area contributed by atoms with Crippen LogP contribution >= 0.6 is 0 Å². The Kier molecular flexibility index (Phi) is 14.0. The molecule has 5 rings (SSSR count). The molecule has 0 bridgehead atoms. The van der Waals surface area contributed by atoms with Crippen molar-refractivity contribution in [3.63, 3.8) is 0 Å². The zero-order valence-electron chi connectivity index (χ0n) is 35.2. The highest BCUT2D eigenvalue weighted by Gasteiger charge is 2.22. The third-order valence-electron chi connectivity index (χ3n) is 10.7. The fourth-order valence-corrected chi connectivity index (χ4v) is 7.31. The van der Waals surface area contributed by atoms with Crippen molar-refractivity contribution in [2.24, 2.45) is 0 Å². The number of aryl methyl sites for hydroxylation is 2. The van der Waals surface area contributed by atoms with Gasteiger partial charge in [-0.1, -0.05) is 128 Å². The van der Waals surface area contributed by atoms with E-state index in [0.29, 0.717) is 24.7 Å². The van der Waals surface area contributed by atoms with Gasteiger partial charge in [-0.25, -0.2) is 0 Å². The number of ether oxygens (including phenoxy) is 4. The molecule has 0 fully saturated rings. The van der Waals surface area contributed by atoms with Crippen molar-refractivity contribution in [1.82, 2.24) is 0 Å². The van der Waals surface area contributed by atoms with Gasteiger partial charge in [0, 0.05) is 35.1 Å². The number of hydrogen-bond donors (Lipinski definition) is 2. The second kappa shape index (κ2) is 18.4. The fourth-order valence-electron chi connectivity index (χ4n) is 7.31. The highest BCUT2D eigenvalue weighted by molar-refractivity contribution is 5.51. The van der Waals surface area contributed by atoms with Gasteiger partial charge >= 0.3 is 0 Å². The van der Waals surface area contributed by atoms with Crippen molar-refractivity contribution in [3.8, 4) is 23.0 Å². The first-order valence-corrected chi connectivity index (χ1v) is 20.0. The van der Waals surface area contributed by atoms with E-state index in [-0.39, 0.29) is 47.8 Å². The third-order valence-corrected chi connectivity index (χ3v) is 10.7. The molecule has 0 aromatic heterocycles. The Morgan fingerprint density at radius 2 is 0.893 bits per heavy atom. The van der Waals surface area contributed by atoms with Crippen molar-refractivity contribution in [2.75, 3.05) is 13.6 Å². The van der Waals surface area contributed by atoms with E-state index in [2.05, 4.69) is 104 Å². The first-order chi connectivity index (χ1) is 26.6. The SMILES string of the molecule is CCC(c1ccc(C(C)(C)C)cc1)c1cc(C)c(OCOCc2cccc(COCOc3cc(O)c(C(CC)c4ccc(C(C)(C)C)cc4)cc3C)c2)cc1O. The van der Waals surface area contributed by atoms with Crippen LogP contribution in [0.5, 0.6) is 23.0 Å². The molecule has 0 spiro atoms. The molecule has 2 atom stereocenters. The van der Waals surface area contributed by atoms with E-state index in [4.69, 9.17) is 18.9 Å². The average Bonchev–Trinajstić information content (AvgIpc) is 3.15. The van der Waals surface area contributed by atoms with Crippen molar-refractivity contribution in [2.45, 2.75) is 118 Å². The van der Waals surface area contributed by atoms with E-state index < -0.39 is 0 Å². The lowest BCUT2D eigenvalue weighted by molar-refractivity contribution is 0.00251. The maximum atomic E-state index is 11.1. The van der Waals surface area contributed by atoms with Crippen LogP contribution < -0.4 is 9.47 Å². The van der Waals surface area contributed by atoms with E-state index >= 15 is 0 Å². The van der Waals surface area contributed by atoms with Crippen LogP contribution in [0.4, 0.5) is 0 Å². The minimum atomic E-state index is 0.0487. The summed E-state index contributed by atoms with van der Waals surface area (Å²) in [7, 11) is 0. The topological polar surface area (TPSA) is 77.4 Å². The molecule has 0 saturated carbocycles. The van der Waals surface area contributed by atoms with E-state index in [9.17, 15) is 10.2 Å². The van der Waals surface area contributed by atoms with Crippen LogP contribution in [0.1, 0.15) is 136 Å². The van der Waals surface area contributed by atoms with Gasteiger partial charge in [-0.15, -0.1) is 0 Å². The summed E-state index contributed by atoms with van der Waals surface area (Å²) in [6.45, 7) is 22.4. The molecule has 6 nitrogen and oxygen atoms in total. The molecule has 0 amide bonds. The molecular weight excluding hydrogens is 697 g/mol. The number of benzene rings is 5. The third kappa shape index (κ3) is 10.7. The molecule has 2 N–H and O–H groups in total. The minimum Gasteiger partial charge on any atom is -0.508 e. The van der Waals surface area contributed by atoms with Crippen LogP contribution in [0.2, 0.25) is 0 Å². The van der Waals surface area contributed by atoms with Gasteiger partial charge in [0.2, 0.25) is 0 Å². The van der Waals surface area contributed by atoms with E-state index in [1.165, 1.54) is 22.3 Å². The maximum Gasteiger partial charge on any atom is 0.189 e. The van der Waals surface area contributed by atoms with Crippen LogP contribution in [0.15, 0.2) is 97.1 Å². The fraction of sp³-hybridized carbons (Fsp3) is 0.400. The first kappa shape index (κ1) is 42.4. The van der Waals surface area contributed by atoms with Gasteiger partial charge in [0.25, 0.3) is 0 Å².